The first-order valence-electron chi connectivity index (χ1n) is 7.87. The molecule has 0 fully saturated rings. The van der Waals surface area contributed by atoms with Gasteiger partial charge >= 0.3 is 6.09 Å². The third kappa shape index (κ3) is 2.29. The summed E-state index contributed by atoms with van der Waals surface area (Å²) in [6.07, 6.45) is 0.719. The van der Waals surface area contributed by atoms with Gasteiger partial charge in [-0.1, -0.05) is 35.4 Å². The number of nitrogens with zero attached hydrogens (tertiary/aromatic N) is 2. The van der Waals surface area contributed by atoms with Crippen LogP contribution in [0.3, 0.4) is 0 Å². The molecule has 0 aliphatic heterocycles. The second-order valence-electron chi connectivity index (χ2n) is 6.09. The molecule has 4 nitrogen and oxygen atoms in total. The lowest BCUT2D eigenvalue weighted by Gasteiger charge is -2.08. The standard InChI is InChI=1S/C20H15ClN2O2/c1-11-6-7-17-15(10-11)18(12(2)23(17)20(24)25)13-8-9-22-19-14(13)4-3-5-16(19)21/h3-10H,1-2H3,(H,24,25). The number of pyridine rings is 1. The molecule has 0 radical (unpaired) electrons. The number of aromatic nitrogens is 2. The molecule has 0 atom stereocenters. The van der Waals surface area contributed by atoms with E-state index in [9.17, 15) is 9.90 Å². The summed E-state index contributed by atoms with van der Waals surface area (Å²) in [5, 5.41) is 12.1. The molecule has 2 heterocycles. The maximum Gasteiger partial charge on any atom is 0.416 e. The zero-order valence-corrected chi connectivity index (χ0v) is 14.5. The molecule has 0 saturated carbocycles. The lowest BCUT2D eigenvalue weighted by molar-refractivity contribution is 0.197. The number of hydrogen-bond acceptors (Lipinski definition) is 2. The fourth-order valence-electron chi connectivity index (χ4n) is 3.48. The molecule has 5 heteroatoms. The van der Waals surface area contributed by atoms with Crippen molar-refractivity contribution in [3.05, 3.63) is 64.9 Å². The Hall–Kier alpha value is -2.85. The summed E-state index contributed by atoms with van der Waals surface area (Å²) in [7, 11) is 0. The monoisotopic (exact) mass is 350 g/mol. The summed E-state index contributed by atoms with van der Waals surface area (Å²) in [5.74, 6) is 0. The number of para-hydroxylation sites is 1. The Labute approximate surface area is 149 Å². The van der Waals surface area contributed by atoms with Crippen LogP contribution in [-0.4, -0.2) is 20.8 Å². The molecule has 0 aliphatic carbocycles. The zero-order chi connectivity index (χ0) is 17.7. The van der Waals surface area contributed by atoms with Crippen molar-refractivity contribution in [2.75, 3.05) is 0 Å². The Morgan fingerprint density at radius 2 is 1.92 bits per heavy atom. The van der Waals surface area contributed by atoms with Crippen molar-refractivity contribution >= 4 is 39.5 Å². The molecule has 0 saturated heterocycles. The van der Waals surface area contributed by atoms with Gasteiger partial charge in [0.05, 0.1) is 16.1 Å². The lowest BCUT2D eigenvalue weighted by Crippen LogP contribution is -2.09. The number of benzene rings is 2. The van der Waals surface area contributed by atoms with E-state index in [-0.39, 0.29) is 0 Å². The minimum Gasteiger partial charge on any atom is -0.464 e. The van der Waals surface area contributed by atoms with Crippen LogP contribution in [-0.2, 0) is 0 Å². The maximum atomic E-state index is 11.8. The minimum atomic E-state index is -0.992. The fraction of sp³-hybridized carbons (Fsp3) is 0.100. The second-order valence-corrected chi connectivity index (χ2v) is 6.50. The van der Waals surface area contributed by atoms with Crippen LogP contribution in [0.4, 0.5) is 4.79 Å². The number of aryl methyl sites for hydroxylation is 1. The first-order chi connectivity index (χ1) is 12.0. The third-order valence-corrected chi connectivity index (χ3v) is 4.85. The van der Waals surface area contributed by atoms with E-state index in [1.54, 1.807) is 12.3 Å². The number of carbonyl (C=O) groups is 1. The first kappa shape index (κ1) is 15.7. The van der Waals surface area contributed by atoms with E-state index in [1.807, 2.05) is 50.2 Å². The van der Waals surface area contributed by atoms with E-state index in [1.165, 1.54) is 4.57 Å². The summed E-state index contributed by atoms with van der Waals surface area (Å²) in [6, 6.07) is 13.4. The van der Waals surface area contributed by atoms with Gasteiger partial charge in [0, 0.05) is 28.2 Å². The van der Waals surface area contributed by atoms with Gasteiger partial charge in [-0.2, -0.15) is 0 Å². The van der Waals surface area contributed by atoms with Gasteiger partial charge in [0.15, 0.2) is 0 Å². The minimum absolute atomic E-state index is 0.579. The van der Waals surface area contributed by atoms with E-state index >= 15 is 0 Å². The van der Waals surface area contributed by atoms with Crippen molar-refractivity contribution in [1.29, 1.82) is 0 Å². The van der Waals surface area contributed by atoms with Crippen LogP contribution in [0.25, 0.3) is 32.9 Å². The number of fused-ring (bicyclic) bond motifs is 2. The lowest BCUT2D eigenvalue weighted by atomic mass is 9.98. The Bertz CT molecular complexity index is 1160. The van der Waals surface area contributed by atoms with Gasteiger partial charge < -0.3 is 5.11 Å². The predicted molar refractivity (Wildman–Crippen MR) is 101 cm³/mol. The van der Waals surface area contributed by atoms with Crippen molar-refractivity contribution in [2.24, 2.45) is 0 Å². The summed E-state index contributed by atoms with van der Waals surface area (Å²) in [6.45, 7) is 3.83. The summed E-state index contributed by atoms with van der Waals surface area (Å²) < 4.78 is 1.33. The summed E-state index contributed by atoms with van der Waals surface area (Å²) >= 11 is 6.29. The average Bonchev–Trinajstić information content (AvgIpc) is 2.86. The molecule has 0 spiro atoms. The molecule has 0 amide bonds. The van der Waals surface area contributed by atoms with Crippen LogP contribution in [0.2, 0.25) is 5.02 Å². The second kappa shape index (κ2) is 5.60. The Morgan fingerprint density at radius 3 is 2.68 bits per heavy atom. The normalized spacial score (nSPS) is 11.3. The summed E-state index contributed by atoms with van der Waals surface area (Å²) in [4.78, 5) is 16.2. The van der Waals surface area contributed by atoms with E-state index < -0.39 is 6.09 Å². The van der Waals surface area contributed by atoms with Crippen LogP contribution in [0.5, 0.6) is 0 Å². The van der Waals surface area contributed by atoms with E-state index in [2.05, 4.69) is 4.98 Å². The van der Waals surface area contributed by atoms with Crippen LogP contribution >= 0.6 is 11.6 Å². The molecule has 0 aliphatic rings. The van der Waals surface area contributed by atoms with Gasteiger partial charge in [-0.05, 0) is 43.7 Å². The van der Waals surface area contributed by atoms with Gasteiger partial charge in [-0.25, -0.2) is 9.36 Å². The summed E-state index contributed by atoms with van der Waals surface area (Å²) in [5.41, 5.74) is 4.98. The van der Waals surface area contributed by atoms with Crippen molar-refractivity contribution < 1.29 is 9.90 Å². The molecule has 2 aromatic carbocycles. The van der Waals surface area contributed by atoms with Crippen LogP contribution in [0.15, 0.2) is 48.7 Å². The fourth-order valence-corrected chi connectivity index (χ4v) is 3.70. The maximum absolute atomic E-state index is 11.8. The van der Waals surface area contributed by atoms with Gasteiger partial charge in [0.1, 0.15) is 0 Å². The van der Waals surface area contributed by atoms with E-state index in [0.717, 1.165) is 27.5 Å². The average molecular weight is 351 g/mol. The van der Waals surface area contributed by atoms with Crippen molar-refractivity contribution in [1.82, 2.24) is 9.55 Å². The Balaban J connectivity index is 2.19. The SMILES string of the molecule is Cc1ccc2c(c1)c(-c1ccnc3c(Cl)cccc13)c(C)n2C(=O)O. The van der Waals surface area contributed by atoms with Gasteiger partial charge in [-0.15, -0.1) is 0 Å². The first-order valence-corrected chi connectivity index (χ1v) is 8.25. The van der Waals surface area contributed by atoms with Gasteiger partial charge in [-0.3, -0.25) is 4.98 Å². The molecule has 124 valence electrons. The van der Waals surface area contributed by atoms with Crippen molar-refractivity contribution in [2.45, 2.75) is 13.8 Å². The van der Waals surface area contributed by atoms with Crippen LogP contribution in [0, 0.1) is 13.8 Å². The van der Waals surface area contributed by atoms with Crippen LogP contribution < -0.4 is 0 Å². The van der Waals surface area contributed by atoms with Gasteiger partial charge in [0.2, 0.25) is 0 Å². The molecule has 4 rings (SSSR count). The quantitative estimate of drug-likeness (QED) is 0.482. The molecule has 2 aromatic heterocycles. The van der Waals surface area contributed by atoms with Crippen LogP contribution in [0.1, 0.15) is 11.3 Å². The third-order valence-electron chi connectivity index (χ3n) is 4.54. The molecule has 25 heavy (non-hydrogen) atoms. The molecule has 0 unspecified atom stereocenters. The zero-order valence-electron chi connectivity index (χ0n) is 13.7. The van der Waals surface area contributed by atoms with Crippen molar-refractivity contribution in [3.8, 4) is 11.1 Å². The molecular weight excluding hydrogens is 336 g/mol. The number of carboxylic acid groups (broad SMARTS) is 1. The molecular formula is C20H15ClN2O2. The highest BCUT2D eigenvalue weighted by atomic mass is 35.5. The molecule has 1 N–H and O–H groups in total. The number of halogens is 1. The topological polar surface area (TPSA) is 55.1 Å². The van der Waals surface area contributed by atoms with E-state index in [4.69, 9.17) is 11.6 Å². The Morgan fingerprint density at radius 1 is 1.12 bits per heavy atom. The highest BCUT2D eigenvalue weighted by Crippen LogP contribution is 2.39. The Kier molecular flexibility index (Phi) is 3.51. The largest absolute Gasteiger partial charge is 0.464 e. The smallest absolute Gasteiger partial charge is 0.416 e. The molecule has 0 bridgehead atoms. The number of hydrogen-bond donors (Lipinski definition) is 1. The highest BCUT2D eigenvalue weighted by Gasteiger charge is 2.21. The molecule has 4 aromatic rings. The van der Waals surface area contributed by atoms with Crippen molar-refractivity contribution in [3.63, 3.8) is 0 Å². The van der Waals surface area contributed by atoms with Gasteiger partial charge in [0.25, 0.3) is 0 Å². The number of rotatable bonds is 1. The highest BCUT2D eigenvalue weighted by molar-refractivity contribution is 6.35. The van der Waals surface area contributed by atoms with E-state index in [0.29, 0.717) is 21.7 Å². The predicted octanol–water partition coefficient (Wildman–Crippen LogP) is 5.65.